The third-order valence-corrected chi connectivity index (χ3v) is 1.24. The summed E-state index contributed by atoms with van der Waals surface area (Å²) in [5.41, 5.74) is 0. The van der Waals surface area contributed by atoms with E-state index in [1.807, 2.05) is 0 Å². The zero-order valence-corrected chi connectivity index (χ0v) is 6.82. The number of carbonyl (C=O) groups excluding carboxylic acids is 1. The maximum atomic E-state index is 10.3. The molecule has 0 fully saturated rings. The molecule has 0 radical (unpaired) electrons. The van der Waals surface area contributed by atoms with Gasteiger partial charge in [-0.05, 0) is 0 Å². The van der Waals surface area contributed by atoms with E-state index >= 15 is 0 Å². The molecule has 0 spiro atoms. The highest BCUT2D eigenvalue weighted by atomic mass is 16.5. The Balaban J connectivity index is 3.67. The van der Waals surface area contributed by atoms with Crippen molar-refractivity contribution in [2.75, 3.05) is 13.2 Å². The van der Waals surface area contributed by atoms with Crippen LogP contribution < -0.4 is 0 Å². The summed E-state index contributed by atoms with van der Waals surface area (Å²) in [5.74, 6) is -1.99. The van der Waals surface area contributed by atoms with Crippen molar-refractivity contribution < 1.29 is 24.5 Å². The minimum absolute atomic E-state index is 0.0435. The first kappa shape index (κ1) is 10.9. The van der Waals surface area contributed by atoms with Gasteiger partial charge in [-0.2, -0.15) is 0 Å². The van der Waals surface area contributed by atoms with E-state index in [-0.39, 0.29) is 19.6 Å². The van der Waals surface area contributed by atoms with Gasteiger partial charge in [0.1, 0.15) is 0 Å². The van der Waals surface area contributed by atoms with E-state index in [9.17, 15) is 9.59 Å². The average Bonchev–Trinajstić information content (AvgIpc) is 1.97. The van der Waals surface area contributed by atoms with Gasteiger partial charge in [-0.15, -0.1) is 0 Å². The Bertz CT molecular complexity index is 165. The molecule has 5 nitrogen and oxygen atoms in total. The standard InChI is InChI=1S/C7H12O5/c1-5(9)12-4-6(3-8)2-7(10)11/h6,8H,2-4H2,1H3,(H,10,11). The number of ether oxygens (including phenoxy) is 1. The van der Waals surface area contributed by atoms with Crippen molar-refractivity contribution in [3.8, 4) is 0 Å². The molecule has 5 heteroatoms. The zero-order chi connectivity index (χ0) is 9.56. The lowest BCUT2D eigenvalue weighted by Gasteiger charge is -2.10. The Kier molecular flexibility index (Phi) is 5.03. The van der Waals surface area contributed by atoms with E-state index in [4.69, 9.17) is 10.2 Å². The number of aliphatic hydroxyl groups is 1. The third kappa shape index (κ3) is 5.67. The summed E-state index contributed by atoms with van der Waals surface area (Å²) in [4.78, 5) is 20.5. The molecule has 0 aliphatic rings. The molecule has 0 bridgehead atoms. The first-order chi connectivity index (χ1) is 5.56. The number of esters is 1. The van der Waals surface area contributed by atoms with Gasteiger partial charge in [0.25, 0.3) is 0 Å². The number of carboxylic acids is 1. The number of aliphatic hydroxyl groups excluding tert-OH is 1. The van der Waals surface area contributed by atoms with Gasteiger partial charge >= 0.3 is 11.9 Å². The first-order valence-corrected chi connectivity index (χ1v) is 3.52. The summed E-state index contributed by atoms with van der Waals surface area (Å²) in [6.07, 6.45) is -0.191. The predicted octanol–water partition coefficient (Wildman–Crippen LogP) is -0.367. The SMILES string of the molecule is CC(=O)OCC(CO)CC(=O)O. The monoisotopic (exact) mass is 176 g/mol. The Hall–Kier alpha value is -1.10. The van der Waals surface area contributed by atoms with E-state index in [0.717, 1.165) is 0 Å². The fraction of sp³-hybridized carbons (Fsp3) is 0.714. The molecular formula is C7H12O5. The van der Waals surface area contributed by atoms with Crippen molar-refractivity contribution >= 4 is 11.9 Å². The lowest BCUT2D eigenvalue weighted by molar-refractivity contribution is -0.146. The summed E-state index contributed by atoms with van der Waals surface area (Å²) in [7, 11) is 0. The van der Waals surface area contributed by atoms with Crippen LogP contribution in [0.15, 0.2) is 0 Å². The topological polar surface area (TPSA) is 83.8 Å². The minimum atomic E-state index is -1.01. The molecule has 0 aliphatic carbocycles. The molecule has 1 unspecified atom stereocenters. The summed E-state index contributed by atoms with van der Waals surface area (Å²) in [6, 6.07) is 0. The molecule has 1 atom stereocenters. The maximum absolute atomic E-state index is 10.3. The number of hydrogen-bond acceptors (Lipinski definition) is 4. The van der Waals surface area contributed by atoms with E-state index in [0.29, 0.717) is 0 Å². The predicted molar refractivity (Wildman–Crippen MR) is 39.5 cm³/mol. The van der Waals surface area contributed by atoms with Crippen LogP contribution in [0.2, 0.25) is 0 Å². The second-order valence-corrected chi connectivity index (χ2v) is 2.45. The molecule has 70 valence electrons. The molecule has 0 rings (SSSR count). The summed E-state index contributed by atoms with van der Waals surface area (Å²) >= 11 is 0. The smallest absolute Gasteiger partial charge is 0.303 e. The second-order valence-electron chi connectivity index (χ2n) is 2.45. The number of carboxylic acid groups (broad SMARTS) is 1. The van der Waals surface area contributed by atoms with Crippen LogP contribution >= 0.6 is 0 Å². The molecule has 0 aromatic carbocycles. The lowest BCUT2D eigenvalue weighted by atomic mass is 10.1. The van der Waals surface area contributed by atoms with Crippen molar-refractivity contribution in [3.05, 3.63) is 0 Å². The van der Waals surface area contributed by atoms with E-state index in [1.54, 1.807) is 0 Å². The number of aliphatic carboxylic acids is 1. The van der Waals surface area contributed by atoms with Gasteiger partial charge in [-0.1, -0.05) is 0 Å². The van der Waals surface area contributed by atoms with Crippen molar-refractivity contribution in [2.45, 2.75) is 13.3 Å². The molecule has 0 aliphatic heterocycles. The Morgan fingerprint density at radius 3 is 2.42 bits per heavy atom. The van der Waals surface area contributed by atoms with Crippen molar-refractivity contribution in [3.63, 3.8) is 0 Å². The molecule has 0 saturated carbocycles. The number of hydrogen-bond donors (Lipinski definition) is 2. The molecule has 0 heterocycles. The van der Waals surface area contributed by atoms with Crippen molar-refractivity contribution in [2.24, 2.45) is 5.92 Å². The highest BCUT2D eigenvalue weighted by Gasteiger charge is 2.13. The molecule has 12 heavy (non-hydrogen) atoms. The summed E-state index contributed by atoms with van der Waals surface area (Å²) in [6.45, 7) is 0.896. The molecule has 0 saturated heterocycles. The van der Waals surface area contributed by atoms with Crippen LogP contribution in [0.1, 0.15) is 13.3 Å². The highest BCUT2D eigenvalue weighted by molar-refractivity contribution is 5.67. The number of carbonyl (C=O) groups is 2. The van der Waals surface area contributed by atoms with E-state index in [2.05, 4.69) is 4.74 Å². The Labute approximate surface area is 70.0 Å². The van der Waals surface area contributed by atoms with Crippen molar-refractivity contribution in [1.29, 1.82) is 0 Å². The Morgan fingerprint density at radius 2 is 2.08 bits per heavy atom. The zero-order valence-electron chi connectivity index (χ0n) is 6.82. The van der Waals surface area contributed by atoms with E-state index < -0.39 is 17.9 Å². The number of rotatable bonds is 5. The van der Waals surface area contributed by atoms with Crippen LogP contribution in [-0.4, -0.2) is 35.4 Å². The van der Waals surface area contributed by atoms with Gasteiger partial charge < -0.3 is 14.9 Å². The summed E-state index contributed by atoms with van der Waals surface area (Å²) in [5, 5.41) is 17.0. The van der Waals surface area contributed by atoms with E-state index in [1.165, 1.54) is 6.92 Å². The van der Waals surface area contributed by atoms with Crippen LogP contribution in [0, 0.1) is 5.92 Å². The lowest BCUT2D eigenvalue weighted by Crippen LogP contribution is -2.19. The third-order valence-electron chi connectivity index (χ3n) is 1.24. The van der Waals surface area contributed by atoms with Crippen LogP contribution in [0.4, 0.5) is 0 Å². The quantitative estimate of drug-likeness (QED) is 0.558. The largest absolute Gasteiger partial charge is 0.481 e. The van der Waals surface area contributed by atoms with Crippen LogP contribution in [0.5, 0.6) is 0 Å². The normalized spacial score (nSPS) is 12.2. The van der Waals surface area contributed by atoms with Gasteiger partial charge in [-0.25, -0.2) is 0 Å². The molecule has 0 amide bonds. The fourth-order valence-corrected chi connectivity index (χ4v) is 0.658. The van der Waals surface area contributed by atoms with Gasteiger partial charge in [0.05, 0.1) is 13.0 Å². The average molecular weight is 176 g/mol. The van der Waals surface area contributed by atoms with Crippen molar-refractivity contribution in [1.82, 2.24) is 0 Å². The molecule has 0 aromatic heterocycles. The Morgan fingerprint density at radius 1 is 1.50 bits per heavy atom. The van der Waals surface area contributed by atoms with Crippen LogP contribution in [0.25, 0.3) is 0 Å². The van der Waals surface area contributed by atoms with Gasteiger partial charge in [0.15, 0.2) is 0 Å². The van der Waals surface area contributed by atoms with Gasteiger partial charge in [0, 0.05) is 19.4 Å². The molecular weight excluding hydrogens is 164 g/mol. The first-order valence-electron chi connectivity index (χ1n) is 3.52. The van der Waals surface area contributed by atoms with Crippen LogP contribution in [-0.2, 0) is 14.3 Å². The minimum Gasteiger partial charge on any atom is -0.481 e. The van der Waals surface area contributed by atoms with Crippen LogP contribution in [0.3, 0.4) is 0 Å². The highest BCUT2D eigenvalue weighted by Crippen LogP contribution is 2.02. The second kappa shape index (κ2) is 5.54. The maximum Gasteiger partial charge on any atom is 0.303 e. The van der Waals surface area contributed by atoms with Gasteiger partial charge in [0.2, 0.25) is 0 Å². The molecule has 2 N–H and O–H groups in total. The fourth-order valence-electron chi connectivity index (χ4n) is 0.658. The summed E-state index contributed by atoms with van der Waals surface area (Å²) < 4.78 is 4.53. The van der Waals surface area contributed by atoms with Gasteiger partial charge in [-0.3, -0.25) is 9.59 Å². The molecule has 0 aromatic rings.